The lowest BCUT2D eigenvalue weighted by Crippen LogP contribution is -2.45. The molecule has 0 fully saturated rings. The lowest BCUT2D eigenvalue weighted by Gasteiger charge is -2.37. The first-order chi connectivity index (χ1) is 16.5. The van der Waals surface area contributed by atoms with Gasteiger partial charge in [-0.15, -0.1) is 0 Å². The van der Waals surface area contributed by atoms with Crippen molar-refractivity contribution >= 4 is 27.9 Å². The second-order valence-electron chi connectivity index (χ2n) is 9.91. The van der Waals surface area contributed by atoms with E-state index in [1.807, 2.05) is 31.2 Å². The summed E-state index contributed by atoms with van der Waals surface area (Å²) in [6, 6.07) is 14.1. The van der Waals surface area contributed by atoms with Crippen molar-refractivity contribution in [3.63, 3.8) is 0 Å². The summed E-state index contributed by atoms with van der Waals surface area (Å²) in [5.74, 6) is -1.61. The molecule has 2 aromatic rings. The number of fused-ring (bicyclic) bond motifs is 2. The second-order valence-corrected chi connectivity index (χ2v) is 11.9. The first-order valence-corrected chi connectivity index (χ1v) is 13.0. The fourth-order valence-electron chi connectivity index (χ4n) is 5.62. The average molecular weight is 495 g/mol. The van der Waals surface area contributed by atoms with Crippen molar-refractivity contribution in [3.05, 3.63) is 81.3 Å². The first kappa shape index (κ1) is 24.9. The summed E-state index contributed by atoms with van der Waals surface area (Å²) in [5, 5.41) is 0. The Labute approximate surface area is 206 Å². The SMILES string of the molecule is COC(=O)C1(C(=O)OC)CC2=Cc3cccc(C)c3C(C)(C)CC2=C(S(=O)(=O)c2ccccc2)C1. The van der Waals surface area contributed by atoms with E-state index in [2.05, 4.69) is 13.8 Å². The maximum absolute atomic E-state index is 14.0. The predicted molar refractivity (Wildman–Crippen MR) is 133 cm³/mol. The van der Waals surface area contributed by atoms with Crippen LogP contribution in [-0.2, 0) is 34.3 Å². The van der Waals surface area contributed by atoms with Gasteiger partial charge in [0.05, 0.1) is 24.0 Å². The Morgan fingerprint density at radius 1 is 0.857 bits per heavy atom. The molecule has 0 aliphatic heterocycles. The van der Waals surface area contributed by atoms with Crippen molar-refractivity contribution < 1.29 is 27.5 Å². The van der Waals surface area contributed by atoms with Crippen molar-refractivity contribution in [2.75, 3.05) is 14.2 Å². The number of carbonyl (C=O) groups is 2. The largest absolute Gasteiger partial charge is 0.468 e. The van der Waals surface area contributed by atoms with Crippen molar-refractivity contribution in [3.8, 4) is 0 Å². The van der Waals surface area contributed by atoms with E-state index in [4.69, 9.17) is 9.47 Å². The van der Waals surface area contributed by atoms with Crippen molar-refractivity contribution in [1.82, 2.24) is 0 Å². The second kappa shape index (κ2) is 8.79. The van der Waals surface area contributed by atoms with Gasteiger partial charge < -0.3 is 9.47 Å². The summed E-state index contributed by atoms with van der Waals surface area (Å²) in [6.45, 7) is 6.23. The molecule has 2 aliphatic carbocycles. The molecule has 0 unspecified atom stereocenters. The monoisotopic (exact) mass is 494 g/mol. The minimum atomic E-state index is -4.03. The Morgan fingerprint density at radius 3 is 2.09 bits per heavy atom. The molecule has 2 aromatic carbocycles. The molecule has 0 saturated heterocycles. The van der Waals surface area contributed by atoms with Crippen molar-refractivity contribution in [2.45, 2.75) is 50.3 Å². The van der Waals surface area contributed by atoms with Gasteiger partial charge in [-0.05, 0) is 65.1 Å². The third-order valence-electron chi connectivity index (χ3n) is 7.14. The normalized spacial score (nSPS) is 18.5. The van der Waals surface area contributed by atoms with Gasteiger partial charge in [0.2, 0.25) is 9.84 Å². The molecular weight excluding hydrogens is 464 g/mol. The van der Waals surface area contributed by atoms with E-state index in [0.29, 0.717) is 17.6 Å². The number of aryl methyl sites for hydroxylation is 1. The van der Waals surface area contributed by atoms with E-state index in [0.717, 1.165) is 16.7 Å². The van der Waals surface area contributed by atoms with Crippen LogP contribution in [0.15, 0.2) is 69.5 Å². The molecule has 0 N–H and O–H groups in total. The van der Waals surface area contributed by atoms with Crippen molar-refractivity contribution in [1.29, 1.82) is 0 Å². The minimum absolute atomic E-state index is 0.00104. The summed E-state index contributed by atoms with van der Waals surface area (Å²) >= 11 is 0. The number of sulfone groups is 1. The number of benzene rings is 2. The number of allylic oxidation sites excluding steroid dienone is 3. The molecule has 2 aliphatic rings. The van der Waals surface area contributed by atoms with Crippen LogP contribution in [0.2, 0.25) is 0 Å². The predicted octanol–water partition coefficient (Wildman–Crippen LogP) is 4.91. The first-order valence-electron chi connectivity index (χ1n) is 11.5. The standard InChI is InChI=1S/C28H30O6S/c1-18-10-9-11-19-14-20-15-28(25(29)33-4,26(30)34-5)17-23(22(20)16-27(2,3)24(18)19)35(31,32)21-12-7-6-8-13-21/h6-14H,15-17H2,1-5H3. The number of carbonyl (C=O) groups excluding carboxylic acids is 2. The number of methoxy groups -OCH3 is 2. The number of hydrogen-bond acceptors (Lipinski definition) is 6. The molecule has 7 heteroatoms. The van der Waals surface area contributed by atoms with E-state index in [-0.39, 0.29) is 28.1 Å². The minimum Gasteiger partial charge on any atom is -0.468 e. The van der Waals surface area contributed by atoms with Gasteiger partial charge in [0.25, 0.3) is 0 Å². The molecule has 0 spiro atoms. The van der Waals surface area contributed by atoms with Gasteiger partial charge in [0, 0.05) is 6.42 Å². The molecule has 35 heavy (non-hydrogen) atoms. The van der Waals surface area contributed by atoms with Crippen LogP contribution in [0.4, 0.5) is 0 Å². The van der Waals surface area contributed by atoms with Gasteiger partial charge in [-0.3, -0.25) is 9.59 Å². The highest BCUT2D eigenvalue weighted by molar-refractivity contribution is 7.95. The third-order valence-corrected chi connectivity index (χ3v) is 9.07. The van der Waals surface area contributed by atoms with Crippen LogP contribution in [0.25, 0.3) is 6.08 Å². The Morgan fingerprint density at radius 2 is 1.49 bits per heavy atom. The molecule has 0 heterocycles. The van der Waals surface area contributed by atoms with Crippen LogP contribution in [0, 0.1) is 12.3 Å². The van der Waals surface area contributed by atoms with Crippen molar-refractivity contribution in [2.24, 2.45) is 5.41 Å². The van der Waals surface area contributed by atoms with Gasteiger partial charge in [-0.1, -0.05) is 56.3 Å². The number of ether oxygens (including phenoxy) is 2. The molecule has 0 amide bonds. The highest BCUT2D eigenvalue weighted by Gasteiger charge is 2.55. The average Bonchev–Trinajstić information content (AvgIpc) is 2.95. The van der Waals surface area contributed by atoms with Gasteiger partial charge in [-0.2, -0.15) is 0 Å². The molecule has 6 nitrogen and oxygen atoms in total. The summed E-state index contributed by atoms with van der Waals surface area (Å²) in [6.07, 6.45) is 2.05. The highest BCUT2D eigenvalue weighted by Crippen LogP contribution is 2.52. The number of rotatable bonds is 4. The zero-order chi connectivity index (χ0) is 25.6. The Hall–Kier alpha value is -3.19. The summed E-state index contributed by atoms with van der Waals surface area (Å²) in [7, 11) is -1.64. The van der Waals surface area contributed by atoms with E-state index >= 15 is 0 Å². The van der Waals surface area contributed by atoms with E-state index in [9.17, 15) is 18.0 Å². The van der Waals surface area contributed by atoms with Crippen LogP contribution < -0.4 is 0 Å². The lowest BCUT2D eigenvalue weighted by atomic mass is 9.69. The van der Waals surface area contributed by atoms with E-state index < -0.39 is 27.2 Å². The Kier molecular flexibility index (Phi) is 6.26. The van der Waals surface area contributed by atoms with Crippen LogP contribution in [0.5, 0.6) is 0 Å². The fraction of sp³-hybridized carbons (Fsp3) is 0.357. The molecule has 0 aromatic heterocycles. The van der Waals surface area contributed by atoms with Gasteiger partial charge in [0.15, 0.2) is 5.41 Å². The zero-order valence-electron chi connectivity index (χ0n) is 20.7. The molecule has 184 valence electrons. The molecular formula is C28H30O6S. The molecule has 0 atom stereocenters. The fourth-order valence-corrected chi connectivity index (χ4v) is 7.38. The lowest BCUT2D eigenvalue weighted by molar-refractivity contribution is -0.169. The van der Waals surface area contributed by atoms with Gasteiger partial charge in [-0.25, -0.2) is 8.42 Å². The summed E-state index contributed by atoms with van der Waals surface area (Å²) in [4.78, 5) is 26.4. The van der Waals surface area contributed by atoms with Gasteiger partial charge in [0.1, 0.15) is 0 Å². The quantitative estimate of drug-likeness (QED) is 0.443. The van der Waals surface area contributed by atoms with Crippen LogP contribution in [0.3, 0.4) is 0 Å². The van der Waals surface area contributed by atoms with Crippen LogP contribution in [-0.4, -0.2) is 34.6 Å². The smallest absolute Gasteiger partial charge is 0.323 e. The summed E-state index contributed by atoms with van der Waals surface area (Å²) < 4.78 is 38.1. The summed E-state index contributed by atoms with van der Waals surface area (Å²) in [5.41, 5.74) is 2.27. The zero-order valence-corrected chi connectivity index (χ0v) is 21.5. The number of esters is 2. The van der Waals surface area contributed by atoms with Crippen LogP contribution >= 0.6 is 0 Å². The molecule has 0 saturated carbocycles. The third kappa shape index (κ3) is 4.01. The van der Waals surface area contributed by atoms with Crippen LogP contribution in [0.1, 0.15) is 49.8 Å². The molecule has 0 radical (unpaired) electrons. The van der Waals surface area contributed by atoms with Gasteiger partial charge >= 0.3 is 11.9 Å². The number of hydrogen-bond donors (Lipinski definition) is 0. The maximum atomic E-state index is 14.0. The maximum Gasteiger partial charge on any atom is 0.323 e. The Bertz CT molecular complexity index is 1350. The van der Waals surface area contributed by atoms with E-state index in [1.165, 1.54) is 26.4 Å². The topological polar surface area (TPSA) is 86.7 Å². The highest BCUT2D eigenvalue weighted by atomic mass is 32.2. The Balaban J connectivity index is 2.08. The van der Waals surface area contributed by atoms with E-state index in [1.54, 1.807) is 18.2 Å². The molecule has 4 rings (SSSR count). The molecule has 0 bridgehead atoms.